The van der Waals surface area contributed by atoms with E-state index in [2.05, 4.69) is 41.5 Å². The summed E-state index contributed by atoms with van der Waals surface area (Å²) in [6.45, 7) is 0.659. The van der Waals surface area contributed by atoms with Crippen molar-refractivity contribution < 1.29 is 4.74 Å². The van der Waals surface area contributed by atoms with Gasteiger partial charge in [-0.3, -0.25) is 0 Å². The molecule has 0 atom stereocenters. The van der Waals surface area contributed by atoms with Gasteiger partial charge in [0.15, 0.2) is 0 Å². The van der Waals surface area contributed by atoms with Crippen molar-refractivity contribution in [3.63, 3.8) is 0 Å². The molecule has 0 saturated heterocycles. The number of anilines is 2. The van der Waals surface area contributed by atoms with E-state index < -0.39 is 0 Å². The molecule has 96 valence electrons. The fourth-order valence-electron chi connectivity index (χ4n) is 1.25. The third kappa shape index (κ3) is 3.30. The van der Waals surface area contributed by atoms with Crippen LogP contribution in [0.25, 0.3) is 0 Å². The first-order valence-corrected chi connectivity index (χ1v) is 6.78. The quantitative estimate of drug-likeness (QED) is 0.877. The Morgan fingerprint density at radius 2 is 2.06 bits per heavy atom. The van der Waals surface area contributed by atoms with Crippen molar-refractivity contribution in [1.29, 1.82) is 0 Å². The highest BCUT2D eigenvalue weighted by atomic mass is 79.9. The van der Waals surface area contributed by atoms with E-state index in [1.165, 1.54) is 12.0 Å². The molecular formula is C10H12BrN5OS. The molecule has 0 bridgehead atoms. The Balaban J connectivity index is 2.08. The number of hydrogen-bond acceptors (Lipinski definition) is 7. The lowest BCUT2D eigenvalue weighted by Crippen LogP contribution is -2.07. The van der Waals surface area contributed by atoms with E-state index in [1.807, 2.05) is 12.1 Å². The van der Waals surface area contributed by atoms with Gasteiger partial charge in [-0.05, 0) is 28.1 Å². The fourth-order valence-corrected chi connectivity index (χ4v) is 2.67. The lowest BCUT2D eigenvalue weighted by atomic mass is 10.5. The zero-order chi connectivity index (χ0) is 13.0. The van der Waals surface area contributed by atoms with Crippen molar-refractivity contribution in [3.8, 4) is 6.01 Å². The molecule has 6 nitrogen and oxygen atoms in total. The largest absolute Gasteiger partial charge is 0.467 e. The number of thiophene rings is 1. The Hall–Kier alpha value is -1.41. The molecule has 0 aliphatic heterocycles. The second kappa shape index (κ2) is 5.96. The van der Waals surface area contributed by atoms with E-state index in [0.29, 0.717) is 18.4 Å². The normalized spacial score (nSPS) is 10.2. The molecule has 0 aliphatic rings. The number of methoxy groups -OCH3 is 1. The Morgan fingerprint density at radius 1 is 1.28 bits per heavy atom. The minimum Gasteiger partial charge on any atom is -0.467 e. The summed E-state index contributed by atoms with van der Waals surface area (Å²) in [5.41, 5.74) is 0. The monoisotopic (exact) mass is 329 g/mol. The highest BCUT2D eigenvalue weighted by Crippen LogP contribution is 2.22. The van der Waals surface area contributed by atoms with Gasteiger partial charge in [-0.1, -0.05) is 0 Å². The standard InChI is InChI=1S/C10H12BrN5OS/c1-12-8-14-9(16-10(15-8)17-2)13-5-6-3-4-7(11)18-6/h3-4H,5H2,1-2H3,(H2,12,13,14,15,16). The van der Waals surface area contributed by atoms with Crippen LogP contribution in [0.4, 0.5) is 11.9 Å². The predicted molar refractivity (Wildman–Crippen MR) is 75.3 cm³/mol. The van der Waals surface area contributed by atoms with Gasteiger partial charge in [-0.25, -0.2) is 0 Å². The molecule has 0 unspecified atom stereocenters. The summed E-state index contributed by atoms with van der Waals surface area (Å²) in [4.78, 5) is 13.5. The van der Waals surface area contributed by atoms with Gasteiger partial charge in [0, 0.05) is 11.9 Å². The molecule has 0 fully saturated rings. The summed E-state index contributed by atoms with van der Waals surface area (Å²) in [6, 6.07) is 4.33. The SMILES string of the molecule is CNc1nc(NCc2ccc(Br)s2)nc(OC)n1. The smallest absolute Gasteiger partial charge is 0.322 e. The summed E-state index contributed by atoms with van der Waals surface area (Å²) in [5, 5.41) is 5.99. The van der Waals surface area contributed by atoms with Gasteiger partial charge < -0.3 is 15.4 Å². The van der Waals surface area contributed by atoms with Crippen molar-refractivity contribution in [2.45, 2.75) is 6.54 Å². The first-order valence-electron chi connectivity index (χ1n) is 5.17. The van der Waals surface area contributed by atoms with Crippen molar-refractivity contribution >= 4 is 39.2 Å². The van der Waals surface area contributed by atoms with E-state index in [0.717, 1.165) is 3.79 Å². The average Bonchev–Trinajstić information content (AvgIpc) is 2.81. The van der Waals surface area contributed by atoms with E-state index >= 15 is 0 Å². The zero-order valence-corrected chi connectivity index (χ0v) is 12.3. The summed E-state index contributed by atoms with van der Waals surface area (Å²) in [6.07, 6.45) is 0. The maximum atomic E-state index is 5.01. The number of halogens is 1. The maximum absolute atomic E-state index is 5.01. The molecule has 0 saturated carbocycles. The predicted octanol–water partition coefficient (Wildman–Crippen LogP) is 2.36. The number of nitrogens with one attached hydrogen (secondary N) is 2. The van der Waals surface area contributed by atoms with Crippen LogP contribution in [-0.4, -0.2) is 29.1 Å². The summed E-state index contributed by atoms with van der Waals surface area (Å²) >= 11 is 5.09. The van der Waals surface area contributed by atoms with E-state index in [4.69, 9.17) is 4.74 Å². The van der Waals surface area contributed by atoms with Crippen LogP contribution >= 0.6 is 27.3 Å². The topological polar surface area (TPSA) is 72.0 Å². The Bertz CT molecular complexity index is 510. The Kier molecular flexibility index (Phi) is 4.32. The summed E-state index contributed by atoms with van der Waals surface area (Å²) in [5.74, 6) is 0.951. The average molecular weight is 330 g/mol. The van der Waals surface area contributed by atoms with Crippen LogP contribution in [0.3, 0.4) is 0 Å². The van der Waals surface area contributed by atoms with Gasteiger partial charge in [0.1, 0.15) is 0 Å². The van der Waals surface area contributed by atoms with Crippen LogP contribution < -0.4 is 15.4 Å². The molecule has 0 radical (unpaired) electrons. The van der Waals surface area contributed by atoms with Crippen LogP contribution in [0.1, 0.15) is 4.88 Å². The number of ether oxygens (including phenoxy) is 1. The molecule has 2 N–H and O–H groups in total. The molecule has 0 spiro atoms. The van der Waals surface area contributed by atoms with Gasteiger partial charge in [0.2, 0.25) is 11.9 Å². The van der Waals surface area contributed by atoms with Crippen LogP contribution in [0.2, 0.25) is 0 Å². The number of rotatable bonds is 5. The maximum Gasteiger partial charge on any atom is 0.322 e. The number of aromatic nitrogens is 3. The van der Waals surface area contributed by atoms with Gasteiger partial charge in [0.25, 0.3) is 0 Å². The highest BCUT2D eigenvalue weighted by molar-refractivity contribution is 9.11. The van der Waals surface area contributed by atoms with Crippen LogP contribution in [-0.2, 0) is 6.54 Å². The van der Waals surface area contributed by atoms with E-state index in [9.17, 15) is 0 Å². The zero-order valence-electron chi connectivity index (χ0n) is 9.90. The molecule has 0 aromatic carbocycles. The minimum atomic E-state index is 0.282. The van der Waals surface area contributed by atoms with Gasteiger partial charge >= 0.3 is 6.01 Å². The fraction of sp³-hybridized carbons (Fsp3) is 0.300. The van der Waals surface area contributed by atoms with Crippen LogP contribution in [0.5, 0.6) is 6.01 Å². The molecule has 0 amide bonds. The van der Waals surface area contributed by atoms with E-state index in [-0.39, 0.29) is 6.01 Å². The second-order valence-corrected chi connectivity index (χ2v) is 5.83. The molecule has 2 heterocycles. The first kappa shape index (κ1) is 13.0. The number of nitrogens with zero attached hydrogens (tertiary/aromatic N) is 3. The second-order valence-electron chi connectivity index (χ2n) is 3.28. The Morgan fingerprint density at radius 3 is 2.67 bits per heavy atom. The summed E-state index contributed by atoms with van der Waals surface area (Å²) in [7, 11) is 3.27. The summed E-state index contributed by atoms with van der Waals surface area (Å²) < 4.78 is 6.11. The van der Waals surface area contributed by atoms with Crippen LogP contribution in [0.15, 0.2) is 15.9 Å². The van der Waals surface area contributed by atoms with Gasteiger partial charge in [0.05, 0.1) is 17.4 Å². The molecule has 2 rings (SSSR count). The van der Waals surface area contributed by atoms with Gasteiger partial charge in [-0.15, -0.1) is 11.3 Å². The molecule has 2 aromatic heterocycles. The molecular weight excluding hydrogens is 318 g/mol. The van der Waals surface area contributed by atoms with Crippen LogP contribution in [0, 0.1) is 0 Å². The lowest BCUT2D eigenvalue weighted by molar-refractivity contribution is 0.379. The lowest BCUT2D eigenvalue weighted by Gasteiger charge is -2.06. The minimum absolute atomic E-state index is 0.282. The van der Waals surface area contributed by atoms with Crippen molar-refractivity contribution in [3.05, 3.63) is 20.8 Å². The van der Waals surface area contributed by atoms with Crippen molar-refractivity contribution in [2.24, 2.45) is 0 Å². The molecule has 2 aromatic rings. The molecule has 0 aliphatic carbocycles. The first-order chi connectivity index (χ1) is 8.71. The van der Waals surface area contributed by atoms with Gasteiger partial charge in [-0.2, -0.15) is 15.0 Å². The third-order valence-electron chi connectivity index (χ3n) is 2.07. The molecule has 8 heteroatoms. The third-order valence-corrected chi connectivity index (χ3v) is 3.69. The number of hydrogen-bond donors (Lipinski definition) is 2. The van der Waals surface area contributed by atoms with Crippen molar-refractivity contribution in [1.82, 2.24) is 15.0 Å². The Labute approximate surface area is 117 Å². The van der Waals surface area contributed by atoms with Crippen molar-refractivity contribution in [2.75, 3.05) is 24.8 Å². The van der Waals surface area contributed by atoms with E-state index in [1.54, 1.807) is 18.4 Å². The molecule has 18 heavy (non-hydrogen) atoms. The highest BCUT2D eigenvalue weighted by Gasteiger charge is 2.06.